The molecule has 0 unspecified atom stereocenters. The van der Waals surface area contributed by atoms with E-state index in [0.717, 1.165) is 17.7 Å². The van der Waals surface area contributed by atoms with Gasteiger partial charge in [-0.25, -0.2) is 0 Å². The number of ether oxygens (including phenoxy) is 2. The van der Waals surface area contributed by atoms with Crippen molar-refractivity contribution in [3.63, 3.8) is 0 Å². The van der Waals surface area contributed by atoms with Crippen LogP contribution in [0.3, 0.4) is 0 Å². The Kier molecular flexibility index (Phi) is 4.46. The summed E-state index contributed by atoms with van der Waals surface area (Å²) in [7, 11) is 3.44. The van der Waals surface area contributed by atoms with Gasteiger partial charge in [-0.3, -0.25) is 9.59 Å². The van der Waals surface area contributed by atoms with E-state index in [-0.39, 0.29) is 17.9 Å². The lowest BCUT2D eigenvalue weighted by Crippen LogP contribution is -2.44. The van der Waals surface area contributed by atoms with E-state index in [1.54, 1.807) is 12.0 Å². The maximum atomic E-state index is 13.2. The molecule has 144 valence electrons. The van der Waals surface area contributed by atoms with E-state index in [9.17, 15) is 9.59 Å². The van der Waals surface area contributed by atoms with Crippen LogP contribution in [-0.2, 0) is 20.9 Å². The second-order valence-electron chi connectivity index (χ2n) is 7.71. The summed E-state index contributed by atoms with van der Waals surface area (Å²) in [6, 6.07) is 7.72. The van der Waals surface area contributed by atoms with Crippen molar-refractivity contribution in [1.29, 1.82) is 0 Å². The van der Waals surface area contributed by atoms with Gasteiger partial charge in [0.1, 0.15) is 11.4 Å². The number of likely N-dealkylation sites (tertiary alicyclic amines) is 1. The Morgan fingerprint density at radius 2 is 2.26 bits per heavy atom. The molecule has 0 aromatic heterocycles. The highest BCUT2D eigenvalue weighted by atomic mass is 16.5. The summed E-state index contributed by atoms with van der Waals surface area (Å²) < 4.78 is 11.5. The van der Waals surface area contributed by atoms with Gasteiger partial charge in [0.2, 0.25) is 11.8 Å². The summed E-state index contributed by atoms with van der Waals surface area (Å²) >= 11 is 0. The number of rotatable bonds is 6. The summed E-state index contributed by atoms with van der Waals surface area (Å²) in [6.45, 7) is 3.70. The molecule has 3 aliphatic heterocycles. The lowest BCUT2D eigenvalue weighted by Gasteiger charge is -2.27. The first-order valence-electron chi connectivity index (χ1n) is 9.53. The van der Waals surface area contributed by atoms with Gasteiger partial charge in [-0.2, -0.15) is 0 Å². The fraction of sp³-hybridized carbons (Fsp3) is 0.524. The molecule has 2 bridgehead atoms. The van der Waals surface area contributed by atoms with E-state index in [0.29, 0.717) is 19.6 Å². The highest BCUT2D eigenvalue weighted by molar-refractivity contribution is 5.93. The number of carbonyl (C=O) groups excluding carboxylic acids is 2. The minimum Gasteiger partial charge on any atom is -0.497 e. The van der Waals surface area contributed by atoms with Crippen LogP contribution < -0.4 is 4.74 Å². The van der Waals surface area contributed by atoms with Crippen LogP contribution in [0.2, 0.25) is 0 Å². The van der Waals surface area contributed by atoms with Gasteiger partial charge in [-0.15, -0.1) is 0 Å². The number of benzene rings is 1. The molecule has 2 amide bonds. The molecule has 1 aromatic carbocycles. The number of hydrogen-bond acceptors (Lipinski definition) is 4. The quantitative estimate of drug-likeness (QED) is 0.717. The van der Waals surface area contributed by atoms with Gasteiger partial charge in [-0.05, 0) is 24.1 Å². The van der Waals surface area contributed by atoms with Crippen molar-refractivity contribution in [2.45, 2.75) is 31.6 Å². The highest BCUT2D eigenvalue weighted by Gasteiger charge is 2.66. The molecule has 0 radical (unpaired) electrons. The Hall–Kier alpha value is -2.34. The molecule has 2 saturated heterocycles. The Labute approximate surface area is 159 Å². The molecule has 1 spiro atoms. The molecule has 3 aliphatic rings. The zero-order valence-electron chi connectivity index (χ0n) is 16.1. The average Bonchev–Trinajstić information content (AvgIpc) is 3.30. The predicted octanol–water partition coefficient (Wildman–Crippen LogP) is 1.85. The van der Waals surface area contributed by atoms with Gasteiger partial charge in [0.25, 0.3) is 0 Å². The zero-order chi connectivity index (χ0) is 19.2. The maximum Gasteiger partial charge on any atom is 0.230 e. The van der Waals surface area contributed by atoms with Crippen LogP contribution in [0.15, 0.2) is 36.4 Å². The maximum absolute atomic E-state index is 13.2. The van der Waals surface area contributed by atoms with Crippen molar-refractivity contribution in [2.24, 2.45) is 11.8 Å². The van der Waals surface area contributed by atoms with Crippen molar-refractivity contribution in [2.75, 3.05) is 27.2 Å². The SMILES string of the molecule is CCCN(C)C(=O)[C@H]1[C@@H]2C=C[C@@]3(CN(Cc4cccc(OC)c4)C(=O)[C@H]13)O2. The largest absolute Gasteiger partial charge is 0.497 e. The molecule has 3 heterocycles. The number of nitrogens with zero attached hydrogens (tertiary/aromatic N) is 2. The molecule has 4 atom stereocenters. The molecule has 2 fully saturated rings. The fourth-order valence-corrected chi connectivity index (χ4v) is 4.69. The van der Waals surface area contributed by atoms with Crippen LogP contribution in [0, 0.1) is 11.8 Å². The van der Waals surface area contributed by atoms with Crippen LogP contribution in [-0.4, -0.2) is 60.6 Å². The first-order valence-corrected chi connectivity index (χ1v) is 9.53. The number of carbonyl (C=O) groups is 2. The van der Waals surface area contributed by atoms with Gasteiger partial charge < -0.3 is 19.3 Å². The van der Waals surface area contributed by atoms with Crippen molar-refractivity contribution in [1.82, 2.24) is 9.80 Å². The standard InChI is InChI=1S/C21H26N2O4/c1-4-10-22(2)19(24)17-16-8-9-21(27-16)13-23(20(25)18(17)21)12-14-6-5-7-15(11-14)26-3/h5-9,11,16-18H,4,10,12-13H2,1-3H3/t16-,17-,18-,21-/m0/s1. The predicted molar refractivity (Wildman–Crippen MR) is 100 cm³/mol. The minimum atomic E-state index is -0.659. The third-order valence-corrected chi connectivity index (χ3v) is 5.91. The lowest BCUT2D eigenvalue weighted by molar-refractivity contribution is -0.142. The van der Waals surface area contributed by atoms with E-state index in [1.165, 1.54) is 0 Å². The lowest BCUT2D eigenvalue weighted by atomic mass is 9.76. The summed E-state index contributed by atoms with van der Waals surface area (Å²) in [4.78, 5) is 29.8. The Balaban J connectivity index is 1.56. The highest BCUT2D eigenvalue weighted by Crippen LogP contribution is 2.52. The normalized spacial score (nSPS) is 30.7. The third kappa shape index (κ3) is 2.83. The fourth-order valence-electron chi connectivity index (χ4n) is 4.69. The molecular weight excluding hydrogens is 344 g/mol. The van der Waals surface area contributed by atoms with Crippen molar-refractivity contribution >= 4 is 11.8 Å². The number of amides is 2. The van der Waals surface area contributed by atoms with Gasteiger partial charge >= 0.3 is 0 Å². The van der Waals surface area contributed by atoms with Crippen LogP contribution in [0.5, 0.6) is 5.75 Å². The first kappa shape index (κ1) is 18.0. The van der Waals surface area contributed by atoms with Gasteiger partial charge in [-0.1, -0.05) is 31.2 Å². The zero-order valence-corrected chi connectivity index (χ0v) is 16.1. The van der Waals surface area contributed by atoms with E-state index in [1.807, 2.05) is 55.3 Å². The van der Waals surface area contributed by atoms with E-state index in [4.69, 9.17) is 9.47 Å². The summed E-state index contributed by atoms with van der Waals surface area (Å²) in [6.07, 6.45) is 4.56. The monoisotopic (exact) mass is 370 g/mol. The topological polar surface area (TPSA) is 59.1 Å². The molecule has 1 aromatic rings. The average molecular weight is 370 g/mol. The first-order chi connectivity index (χ1) is 13.0. The van der Waals surface area contributed by atoms with Gasteiger partial charge in [0.05, 0.1) is 31.6 Å². The van der Waals surface area contributed by atoms with Gasteiger partial charge in [0.15, 0.2) is 0 Å². The summed E-state index contributed by atoms with van der Waals surface area (Å²) in [5, 5.41) is 0. The Morgan fingerprint density at radius 3 is 3.00 bits per heavy atom. The molecule has 27 heavy (non-hydrogen) atoms. The van der Waals surface area contributed by atoms with Gasteiger partial charge in [0, 0.05) is 20.1 Å². The molecule has 0 aliphatic carbocycles. The van der Waals surface area contributed by atoms with Crippen LogP contribution in [0.25, 0.3) is 0 Å². The van der Waals surface area contributed by atoms with Crippen LogP contribution in [0.4, 0.5) is 0 Å². The number of methoxy groups -OCH3 is 1. The minimum absolute atomic E-state index is 0.00733. The van der Waals surface area contributed by atoms with Crippen LogP contribution in [0.1, 0.15) is 18.9 Å². The summed E-state index contributed by atoms with van der Waals surface area (Å²) in [5.74, 6) is -0.0642. The second kappa shape index (κ2) is 6.68. The van der Waals surface area contributed by atoms with E-state index >= 15 is 0 Å². The summed E-state index contributed by atoms with van der Waals surface area (Å²) in [5.41, 5.74) is 0.345. The van der Waals surface area contributed by atoms with Crippen LogP contribution >= 0.6 is 0 Å². The van der Waals surface area contributed by atoms with Crippen molar-refractivity contribution in [3.05, 3.63) is 42.0 Å². The molecule has 6 heteroatoms. The van der Waals surface area contributed by atoms with E-state index < -0.39 is 17.4 Å². The van der Waals surface area contributed by atoms with Crippen molar-refractivity contribution in [3.8, 4) is 5.75 Å². The molecule has 6 nitrogen and oxygen atoms in total. The Bertz CT molecular complexity index is 792. The molecule has 4 rings (SSSR count). The molecule has 0 saturated carbocycles. The van der Waals surface area contributed by atoms with E-state index in [2.05, 4.69) is 0 Å². The number of fused-ring (bicyclic) bond motifs is 1. The second-order valence-corrected chi connectivity index (χ2v) is 7.71. The molecule has 0 N–H and O–H groups in total. The smallest absolute Gasteiger partial charge is 0.230 e. The number of hydrogen-bond donors (Lipinski definition) is 0. The Morgan fingerprint density at radius 1 is 1.44 bits per heavy atom. The van der Waals surface area contributed by atoms with Crippen molar-refractivity contribution < 1.29 is 19.1 Å². The molecular formula is C21H26N2O4. The third-order valence-electron chi connectivity index (χ3n) is 5.91.